The number of rotatable bonds is 5. The molecule has 7 atom stereocenters. The van der Waals surface area contributed by atoms with Gasteiger partial charge in [0.1, 0.15) is 0 Å². The average Bonchev–Trinajstić information content (AvgIpc) is 3.07. The summed E-state index contributed by atoms with van der Waals surface area (Å²) in [4.78, 5) is 25.2. The highest BCUT2D eigenvalue weighted by molar-refractivity contribution is 6.05. The molecule has 0 N–H and O–H groups in total. The minimum Gasteiger partial charge on any atom is -0.295 e. The van der Waals surface area contributed by atoms with Gasteiger partial charge in [-0.3, -0.25) is 9.59 Å². The Morgan fingerprint density at radius 1 is 1.10 bits per heavy atom. The lowest BCUT2D eigenvalue weighted by atomic mass is 9.46. The standard InChI is InChI=1S/C29H44O2/c1-7-20(18(2)3)9-8-19(4)23-10-11-24-22-17-27(31)26-16-21(30)12-14-29(26,6)25(22)13-15-28(23,24)5/h7,16,18-19,22-25H,8-15,17H2,1-6H3/b20-7+/t19-,22+,23-,24+,25+,28-,29-/m1/s1. The van der Waals surface area contributed by atoms with Crippen LogP contribution >= 0.6 is 0 Å². The molecule has 2 nitrogen and oxygen atoms in total. The Balaban J connectivity index is 1.53. The molecule has 0 aromatic heterocycles. The number of hydrogen-bond acceptors (Lipinski definition) is 2. The largest absolute Gasteiger partial charge is 0.295 e. The first kappa shape index (κ1) is 23.0. The van der Waals surface area contributed by atoms with Crippen LogP contribution in [0.2, 0.25) is 0 Å². The van der Waals surface area contributed by atoms with E-state index in [2.05, 4.69) is 47.6 Å². The lowest BCUT2D eigenvalue weighted by molar-refractivity contribution is -0.131. The van der Waals surface area contributed by atoms with Crippen molar-refractivity contribution in [3.8, 4) is 0 Å². The number of carbonyl (C=O) groups excluding carboxylic acids is 2. The summed E-state index contributed by atoms with van der Waals surface area (Å²) in [5.74, 6) is 4.44. The second-order valence-corrected chi connectivity index (χ2v) is 12.2. The summed E-state index contributed by atoms with van der Waals surface area (Å²) in [5, 5.41) is 0. The van der Waals surface area contributed by atoms with E-state index >= 15 is 0 Å². The summed E-state index contributed by atoms with van der Waals surface area (Å²) in [6.45, 7) is 14.2. The van der Waals surface area contributed by atoms with Crippen LogP contribution in [0.1, 0.15) is 99.3 Å². The molecule has 0 heterocycles. The van der Waals surface area contributed by atoms with Gasteiger partial charge in [-0.1, -0.05) is 46.3 Å². The molecule has 0 unspecified atom stereocenters. The predicted molar refractivity (Wildman–Crippen MR) is 128 cm³/mol. The highest BCUT2D eigenvalue weighted by Crippen LogP contribution is 2.67. The smallest absolute Gasteiger partial charge is 0.159 e. The van der Waals surface area contributed by atoms with E-state index in [4.69, 9.17) is 0 Å². The molecule has 0 bridgehead atoms. The molecule has 3 fully saturated rings. The molecule has 4 rings (SSSR count). The van der Waals surface area contributed by atoms with E-state index in [0.29, 0.717) is 41.9 Å². The highest BCUT2D eigenvalue weighted by atomic mass is 16.1. The van der Waals surface area contributed by atoms with Gasteiger partial charge in [0, 0.05) is 18.4 Å². The molecule has 0 aromatic rings. The fourth-order valence-corrected chi connectivity index (χ4v) is 8.72. The number of ketones is 2. The summed E-state index contributed by atoms with van der Waals surface area (Å²) in [7, 11) is 0. The fourth-order valence-electron chi connectivity index (χ4n) is 8.72. The van der Waals surface area contributed by atoms with Gasteiger partial charge in [0.2, 0.25) is 0 Å². The van der Waals surface area contributed by atoms with Crippen molar-refractivity contribution in [1.29, 1.82) is 0 Å². The fraction of sp³-hybridized carbons (Fsp3) is 0.793. The first-order valence-corrected chi connectivity index (χ1v) is 13.0. The van der Waals surface area contributed by atoms with Gasteiger partial charge >= 0.3 is 0 Å². The Morgan fingerprint density at radius 3 is 2.52 bits per heavy atom. The quantitative estimate of drug-likeness (QED) is 0.433. The Labute approximate surface area is 190 Å². The minimum absolute atomic E-state index is 0.0585. The van der Waals surface area contributed by atoms with E-state index in [-0.39, 0.29) is 17.0 Å². The molecular formula is C29H44O2. The monoisotopic (exact) mass is 424 g/mol. The second-order valence-electron chi connectivity index (χ2n) is 12.2. The maximum absolute atomic E-state index is 13.2. The van der Waals surface area contributed by atoms with E-state index in [9.17, 15) is 9.59 Å². The van der Waals surface area contributed by atoms with Crippen LogP contribution in [0.25, 0.3) is 0 Å². The molecule has 31 heavy (non-hydrogen) atoms. The van der Waals surface area contributed by atoms with E-state index in [0.717, 1.165) is 23.8 Å². The Bertz CT molecular complexity index is 802. The van der Waals surface area contributed by atoms with Crippen molar-refractivity contribution in [2.24, 2.45) is 46.3 Å². The Hall–Kier alpha value is -1.18. The lowest BCUT2D eigenvalue weighted by Crippen LogP contribution is -2.53. The zero-order chi connectivity index (χ0) is 22.6. The van der Waals surface area contributed by atoms with Crippen LogP contribution < -0.4 is 0 Å². The van der Waals surface area contributed by atoms with Crippen LogP contribution in [-0.2, 0) is 9.59 Å². The van der Waals surface area contributed by atoms with Crippen LogP contribution in [0.15, 0.2) is 23.3 Å². The van der Waals surface area contributed by atoms with Crippen molar-refractivity contribution in [1.82, 2.24) is 0 Å². The molecule has 0 aromatic carbocycles. The van der Waals surface area contributed by atoms with Gasteiger partial charge in [-0.05, 0) is 104 Å². The molecule has 2 heteroatoms. The Kier molecular flexibility index (Phi) is 6.16. The van der Waals surface area contributed by atoms with Crippen molar-refractivity contribution in [3.63, 3.8) is 0 Å². The lowest BCUT2D eigenvalue weighted by Gasteiger charge is -2.57. The first-order valence-electron chi connectivity index (χ1n) is 13.0. The molecule has 3 saturated carbocycles. The molecular weight excluding hydrogens is 380 g/mol. The molecule has 4 aliphatic carbocycles. The van der Waals surface area contributed by atoms with Crippen molar-refractivity contribution in [3.05, 3.63) is 23.3 Å². The summed E-state index contributed by atoms with van der Waals surface area (Å²) < 4.78 is 0. The molecule has 0 aliphatic heterocycles. The molecule has 4 aliphatic rings. The molecule has 172 valence electrons. The average molecular weight is 425 g/mol. The number of Topliss-reactive ketones (excluding diaryl/α,β-unsaturated/α-hetero) is 1. The number of hydrogen-bond donors (Lipinski definition) is 0. The van der Waals surface area contributed by atoms with Crippen molar-refractivity contribution in [2.45, 2.75) is 99.3 Å². The maximum atomic E-state index is 13.2. The van der Waals surface area contributed by atoms with E-state index < -0.39 is 0 Å². The summed E-state index contributed by atoms with van der Waals surface area (Å²) in [6.07, 6.45) is 14.0. The van der Waals surface area contributed by atoms with E-state index in [1.54, 1.807) is 11.6 Å². The molecule has 0 amide bonds. The van der Waals surface area contributed by atoms with E-state index in [1.165, 1.54) is 38.5 Å². The van der Waals surface area contributed by atoms with Crippen LogP contribution in [0.4, 0.5) is 0 Å². The first-order chi connectivity index (χ1) is 14.6. The number of carbonyl (C=O) groups is 2. The van der Waals surface area contributed by atoms with Gasteiger partial charge in [0.25, 0.3) is 0 Å². The molecule has 0 spiro atoms. The third-order valence-corrected chi connectivity index (χ3v) is 10.5. The number of allylic oxidation sites excluding steroid dienone is 3. The molecule has 0 saturated heterocycles. The SMILES string of the molecule is C/C=C(\CC[C@@H](C)[C@H]1CC[C@H]2[C@@H]3CC(=O)C4=CC(=O)CC[C@]4(C)[C@H]3CC[C@]12C)C(C)C. The summed E-state index contributed by atoms with van der Waals surface area (Å²) >= 11 is 0. The number of fused-ring (bicyclic) bond motifs is 5. The third-order valence-electron chi connectivity index (χ3n) is 10.5. The topological polar surface area (TPSA) is 34.1 Å². The van der Waals surface area contributed by atoms with Gasteiger partial charge in [0.15, 0.2) is 11.6 Å². The zero-order valence-corrected chi connectivity index (χ0v) is 20.8. The van der Waals surface area contributed by atoms with Crippen molar-refractivity contribution >= 4 is 11.6 Å². The minimum atomic E-state index is -0.0585. The Morgan fingerprint density at radius 2 is 1.84 bits per heavy atom. The predicted octanol–water partition coefficient (Wildman–Crippen LogP) is 7.33. The van der Waals surface area contributed by atoms with E-state index in [1.807, 2.05) is 0 Å². The van der Waals surface area contributed by atoms with Gasteiger partial charge < -0.3 is 0 Å². The summed E-state index contributed by atoms with van der Waals surface area (Å²) in [6, 6.07) is 0. The maximum Gasteiger partial charge on any atom is 0.159 e. The second kappa shape index (κ2) is 8.31. The highest BCUT2D eigenvalue weighted by Gasteiger charge is 2.60. The third kappa shape index (κ3) is 3.70. The molecule has 0 radical (unpaired) electrons. The van der Waals surface area contributed by atoms with Gasteiger partial charge in [0.05, 0.1) is 0 Å². The van der Waals surface area contributed by atoms with Gasteiger partial charge in [-0.25, -0.2) is 0 Å². The zero-order valence-electron chi connectivity index (χ0n) is 20.8. The van der Waals surface area contributed by atoms with Crippen LogP contribution in [0.5, 0.6) is 0 Å². The van der Waals surface area contributed by atoms with Crippen LogP contribution in [0.3, 0.4) is 0 Å². The van der Waals surface area contributed by atoms with Crippen LogP contribution in [-0.4, -0.2) is 11.6 Å². The van der Waals surface area contributed by atoms with Crippen molar-refractivity contribution < 1.29 is 9.59 Å². The summed E-state index contributed by atoms with van der Waals surface area (Å²) in [5.41, 5.74) is 2.81. The van der Waals surface area contributed by atoms with Crippen LogP contribution in [0, 0.1) is 46.3 Å². The van der Waals surface area contributed by atoms with Gasteiger partial charge in [-0.2, -0.15) is 0 Å². The van der Waals surface area contributed by atoms with Crippen molar-refractivity contribution in [2.75, 3.05) is 0 Å². The normalized spacial score (nSPS) is 41.5. The van der Waals surface area contributed by atoms with Gasteiger partial charge in [-0.15, -0.1) is 0 Å².